The summed E-state index contributed by atoms with van der Waals surface area (Å²) in [5.41, 5.74) is 2.80. The lowest BCUT2D eigenvalue weighted by Gasteiger charge is -2.70. The Bertz CT molecular complexity index is 914. The van der Waals surface area contributed by atoms with Gasteiger partial charge in [0.1, 0.15) is 5.52 Å². The van der Waals surface area contributed by atoms with Crippen molar-refractivity contribution in [3.05, 3.63) is 28.8 Å². The molecule has 0 radical (unpaired) electrons. The molecule has 3 heterocycles. The lowest BCUT2D eigenvalue weighted by atomic mass is 9.34. The Labute approximate surface area is 155 Å². The van der Waals surface area contributed by atoms with E-state index < -0.39 is 17.0 Å². The fourth-order valence-electron chi connectivity index (χ4n) is 5.16. The molecule has 27 heavy (non-hydrogen) atoms. The number of halogens is 3. The monoisotopic (exact) mass is 377 g/mol. The van der Waals surface area contributed by atoms with Crippen LogP contribution in [0, 0.1) is 19.3 Å². The molecule has 4 fully saturated rings. The van der Waals surface area contributed by atoms with Crippen molar-refractivity contribution in [2.75, 3.05) is 13.2 Å². The Hall–Kier alpha value is -1.76. The van der Waals surface area contributed by atoms with Gasteiger partial charge in [0, 0.05) is 30.2 Å². The van der Waals surface area contributed by atoms with Crippen LogP contribution in [-0.2, 0) is 10.2 Å². The fourth-order valence-corrected chi connectivity index (χ4v) is 5.16. The highest BCUT2D eigenvalue weighted by atomic mass is 19.4. The Balaban J connectivity index is 1.61. The van der Waals surface area contributed by atoms with Crippen molar-refractivity contribution in [2.24, 2.45) is 5.41 Å². The molecular formula is C20H22F3N3O. The van der Waals surface area contributed by atoms with E-state index in [2.05, 4.69) is 4.98 Å². The van der Waals surface area contributed by atoms with Gasteiger partial charge < -0.3 is 4.74 Å². The van der Waals surface area contributed by atoms with E-state index in [0.29, 0.717) is 18.7 Å². The fraction of sp³-hybridized carbons (Fsp3) is 0.650. The van der Waals surface area contributed by atoms with Crippen molar-refractivity contribution in [3.63, 3.8) is 0 Å². The molecule has 0 aromatic carbocycles. The number of ether oxygens (including phenoxy) is 1. The zero-order valence-electron chi connectivity index (χ0n) is 15.5. The number of hydrogen-bond acceptors (Lipinski definition) is 4. The summed E-state index contributed by atoms with van der Waals surface area (Å²) in [6, 6.07) is 1.99. The molecule has 0 amide bonds. The molecule has 2 aromatic heterocycles. The maximum Gasteiger partial charge on any atom is 0.394 e. The van der Waals surface area contributed by atoms with Gasteiger partial charge in [0.25, 0.3) is 0 Å². The third-order valence-electron chi connectivity index (χ3n) is 6.86. The van der Waals surface area contributed by atoms with Crippen LogP contribution in [0.2, 0.25) is 0 Å². The largest absolute Gasteiger partial charge is 0.394 e. The first-order chi connectivity index (χ1) is 12.7. The van der Waals surface area contributed by atoms with Gasteiger partial charge in [-0.05, 0) is 52.0 Å². The number of pyridine rings is 1. The molecule has 144 valence electrons. The molecular weight excluding hydrogens is 355 g/mol. The van der Waals surface area contributed by atoms with Gasteiger partial charge in [-0.25, -0.2) is 9.97 Å². The molecule has 0 N–H and O–H groups in total. The first-order valence-corrected chi connectivity index (χ1v) is 9.54. The molecule has 3 saturated carbocycles. The van der Waals surface area contributed by atoms with Crippen LogP contribution in [0.5, 0.6) is 0 Å². The molecule has 7 heteroatoms. The third-order valence-corrected chi connectivity index (χ3v) is 6.86. The van der Waals surface area contributed by atoms with E-state index >= 15 is 0 Å². The predicted octanol–water partition coefficient (Wildman–Crippen LogP) is 4.52. The maximum absolute atomic E-state index is 13.3. The van der Waals surface area contributed by atoms with Crippen molar-refractivity contribution in [3.8, 4) is 0 Å². The van der Waals surface area contributed by atoms with Gasteiger partial charge in [-0.2, -0.15) is 13.2 Å². The summed E-state index contributed by atoms with van der Waals surface area (Å²) in [6.45, 7) is 5.19. The van der Waals surface area contributed by atoms with Crippen LogP contribution in [-0.4, -0.2) is 34.3 Å². The second-order valence-electron chi connectivity index (χ2n) is 8.63. The summed E-state index contributed by atoms with van der Waals surface area (Å²) in [4.78, 5) is 14.3. The van der Waals surface area contributed by atoms with Crippen molar-refractivity contribution < 1.29 is 17.9 Å². The Kier molecular flexibility index (Phi) is 3.47. The van der Waals surface area contributed by atoms with E-state index in [1.54, 1.807) is 0 Å². The van der Waals surface area contributed by atoms with Crippen LogP contribution in [0.3, 0.4) is 0 Å². The summed E-state index contributed by atoms with van der Waals surface area (Å²) in [6.07, 6.45) is -1.95. The van der Waals surface area contributed by atoms with Crippen LogP contribution < -0.4 is 0 Å². The number of hydrogen-bond donors (Lipinski definition) is 0. The number of fused-ring (bicyclic) bond motifs is 1. The van der Waals surface area contributed by atoms with E-state index in [0.717, 1.165) is 41.1 Å². The summed E-state index contributed by atoms with van der Waals surface area (Å²) in [5.74, 6) is 0.272. The molecule has 2 aromatic rings. The van der Waals surface area contributed by atoms with Crippen molar-refractivity contribution in [2.45, 2.75) is 63.5 Å². The van der Waals surface area contributed by atoms with E-state index in [4.69, 9.17) is 14.7 Å². The lowest BCUT2D eigenvalue weighted by molar-refractivity contribution is -0.337. The molecule has 4 aliphatic rings. The number of nitrogens with zero attached hydrogens (tertiary/aromatic N) is 3. The molecule has 6 rings (SSSR count). The van der Waals surface area contributed by atoms with Gasteiger partial charge in [0.15, 0.2) is 0 Å². The predicted molar refractivity (Wildman–Crippen MR) is 93.6 cm³/mol. The molecule has 4 nitrogen and oxygen atoms in total. The minimum Gasteiger partial charge on any atom is -0.381 e. The van der Waals surface area contributed by atoms with Crippen LogP contribution >= 0.6 is 0 Å². The van der Waals surface area contributed by atoms with Gasteiger partial charge in [-0.3, -0.25) is 4.98 Å². The second-order valence-corrected chi connectivity index (χ2v) is 8.63. The Morgan fingerprint density at radius 2 is 1.63 bits per heavy atom. The zero-order valence-corrected chi connectivity index (χ0v) is 15.5. The number of rotatable bonds is 2. The summed E-state index contributed by atoms with van der Waals surface area (Å²) < 4.78 is 45.5. The van der Waals surface area contributed by atoms with Gasteiger partial charge in [0.2, 0.25) is 0 Å². The summed E-state index contributed by atoms with van der Waals surface area (Å²) in [7, 11) is 0. The second kappa shape index (κ2) is 5.40. The number of aryl methyl sites for hydroxylation is 2. The van der Waals surface area contributed by atoms with Crippen LogP contribution in [0.25, 0.3) is 11.0 Å². The molecule has 0 unspecified atom stereocenters. The number of aromatic nitrogens is 3. The van der Waals surface area contributed by atoms with Gasteiger partial charge in [0.05, 0.1) is 28.0 Å². The normalized spacial score (nSPS) is 30.9. The molecule has 0 spiro atoms. The lowest BCUT2D eigenvalue weighted by Crippen LogP contribution is -2.70. The molecule has 2 bridgehead atoms. The van der Waals surface area contributed by atoms with E-state index in [1.807, 2.05) is 19.9 Å². The Morgan fingerprint density at radius 1 is 1.00 bits per heavy atom. The molecule has 1 saturated heterocycles. The summed E-state index contributed by atoms with van der Waals surface area (Å²) >= 11 is 0. The smallest absolute Gasteiger partial charge is 0.381 e. The van der Waals surface area contributed by atoms with E-state index in [9.17, 15) is 13.2 Å². The quantitative estimate of drug-likeness (QED) is 0.772. The first-order valence-electron chi connectivity index (χ1n) is 9.54. The van der Waals surface area contributed by atoms with Gasteiger partial charge in [-0.1, -0.05) is 0 Å². The van der Waals surface area contributed by atoms with E-state index in [1.165, 1.54) is 0 Å². The SMILES string of the molecule is Cc1nc2cc(C3CCOCC3)nc(C34CC(C(F)(F)F)(C3)C4)c2nc1C. The average Bonchev–Trinajstić information content (AvgIpc) is 2.53. The van der Waals surface area contributed by atoms with Gasteiger partial charge >= 0.3 is 6.18 Å². The maximum atomic E-state index is 13.3. The zero-order chi connectivity index (χ0) is 19.0. The number of alkyl halides is 3. The minimum absolute atomic E-state index is 0.136. The highest BCUT2D eigenvalue weighted by molar-refractivity contribution is 5.79. The first kappa shape index (κ1) is 17.3. The van der Waals surface area contributed by atoms with Crippen LogP contribution in [0.15, 0.2) is 6.07 Å². The van der Waals surface area contributed by atoms with Crippen LogP contribution in [0.4, 0.5) is 13.2 Å². The molecule has 3 aliphatic carbocycles. The molecule has 0 atom stereocenters. The Morgan fingerprint density at radius 3 is 2.26 bits per heavy atom. The highest BCUT2D eigenvalue weighted by Gasteiger charge is 2.79. The van der Waals surface area contributed by atoms with Crippen molar-refractivity contribution >= 4 is 11.0 Å². The summed E-state index contributed by atoms with van der Waals surface area (Å²) in [5, 5.41) is 0. The standard InChI is InChI=1S/C20H22F3N3O/c1-11-12(2)25-16-15(24-11)7-14(13-3-5-27-6-4-13)26-17(16)18-8-19(9-18,10-18)20(21,22)23/h7,13H,3-6,8-10H2,1-2H3. The average molecular weight is 377 g/mol. The molecule has 1 aliphatic heterocycles. The van der Waals surface area contributed by atoms with Crippen LogP contribution in [0.1, 0.15) is 60.8 Å². The van der Waals surface area contributed by atoms with Crippen molar-refractivity contribution in [1.29, 1.82) is 0 Å². The van der Waals surface area contributed by atoms with Gasteiger partial charge in [-0.15, -0.1) is 0 Å². The van der Waals surface area contributed by atoms with Crippen molar-refractivity contribution in [1.82, 2.24) is 15.0 Å². The highest BCUT2D eigenvalue weighted by Crippen LogP contribution is 2.78. The third kappa shape index (κ3) is 2.36. The van der Waals surface area contributed by atoms with E-state index in [-0.39, 0.29) is 25.2 Å². The minimum atomic E-state index is -4.12. The topological polar surface area (TPSA) is 47.9 Å².